The second-order valence-corrected chi connectivity index (χ2v) is 6.20. The van der Waals surface area contributed by atoms with Crippen LogP contribution in [0.3, 0.4) is 0 Å². The van der Waals surface area contributed by atoms with E-state index >= 15 is 0 Å². The first kappa shape index (κ1) is 19.1. The minimum Gasteiger partial charge on any atom is -0.338 e. The van der Waals surface area contributed by atoms with E-state index in [0.717, 1.165) is 5.56 Å². The van der Waals surface area contributed by atoms with Crippen molar-refractivity contribution in [3.05, 3.63) is 64.1 Å². The molecule has 1 unspecified atom stereocenters. The summed E-state index contributed by atoms with van der Waals surface area (Å²) in [7, 11) is 0. The summed E-state index contributed by atoms with van der Waals surface area (Å²) in [6.07, 6.45) is 0.356. The number of carbonyl (C=O) groups excluding carboxylic acids is 2. The van der Waals surface area contributed by atoms with Crippen LogP contribution in [-0.2, 0) is 11.2 Å². The molecule has 1 atom stereocenters. The summed E-state index contributed by atoms with van der Waals surface area (Å²) in [6, 6.07) is 13.1. The van der Waals surface area contributed by atoms with E-state index in [4.69, 9.17) is 23.2 Å². The van der Waals surface area contributed by atoms with Crippen molar-refractivity contribution in [3.8, 4) is 0 Å². The lowest BCUT2D eigenvalue weighted by Crippen LogP contribution is -2.49. The van der Waals surface area contributed by atoms with Gasteiger partial charge in [0.1, 0.15) is 6.04 Å². The van der Waals surface area contributed by atoms with Gasteiger partial charge in [0.25, 0.3) is 0 Å². The van der Waals surface area contributed by atoms with Crippen molar-refractivity contribution in [1.82, 2.24) is 10.6 Å². The average Bonchev–Trinajstić information content (AvgIpc) is 2.58. The molecule has 0 radical (unpaired) electrons. The molecule has 2 rings (SSSR count). The van der Waals surface area contributed by atoms with Crippen molar-refractivity contribution in [2.24, 2.45) is 0 Å². The maximum Gasteiger partial charge on any atom is 0.315 e. The molecular formula is C18H19Cl2N3O2. The van der Waals surface area contributed by atoms with Crippen LogP contribution in [0.4, 0.5) is 10.5 Å². The van der Waals surface area contributed by atoms with Gasteiger partial charge in [0.05, 0.1) is 10.7 Å². The second kappa shape index (κ2) is 9.30. The fourth-order valence-electron chi connectivity index (χ4n) is 2.24. The monoisotopic (exact) mass is 379 g/mol. The molecule has 0 bridgehead atoms. The Kier molecular flexibility index (Phi) is 7.10. The van der Waals surface area contributed by atoms with Crippen molar-refractivity contribution in [2.45, 2.75) is 19.4 Å². The largest absolute Gasteiger partial charge is 0.338 e. The molecule has 25 heavy (non-hydrogen) atoms. The van der Waals surface area contributed by atoms with Crippen LogP contribution < -0.4 is 16.0 Å². The fourth-order valence-corrected chi connectivity index (χ4v) is 2.70. The van der Waals surface area contributed by atoms with Gasteiger partial charge in [0.2, 0.25) is 5.91 Å². The number of urea groups is 1. The van der Waals surface area contributed by atoms with Gasteiger partial charge in [-0.3, -0.25) is 4.79 Å². The first-order valence-electron chi connectivity index (χ1n) is 7.83. The average molecular weight is 380 g/mol. The molecule has 2 aromatic carbocycles. The van der Waals surface area contributed by atoms with Crippen molar-refractivity contribution >= 4 is 40.8 Å². The number of rotatable bonds is 6. The molecule has 5 nitrogen and oxygen atoms in total. The molecule has 0 saturated carbocycles. The quantitative estimate of drug-likeness (QED) is 0.712. The number of halogens is 2. The number of hydrogen-bond acceptors (Lipinski definition) is 2. The van der Waals surface area contributed by atoms with Crippen molar-refractivity contribution in [2.75, 3.05) is 11.9 Å². The lowest BCUT2D eigenvalue weighted by molar-refractivity contribution is -0.117. The lowest BCUT2D eigenvalue weighted by atomic mass is 10.1. The maximum atomic E-state index is 12.6. The maximum absolute atomic E-state index is 12.6. The normalized spacial score (nSPS) is 11.5. The molecule has 0 aliphatic rings. The molecule has 0 spiro atoms. The molecule has 0 aliphatic carbocycles. The van der Waals surface area contributed by atoms with E-state index in [1.54, 1.807) is 25.1 Å². The van der Waals surface area contributed by atoms with E-state index < -0.39 is 12.1 Å². The Labute approximate surface area is 156 Å². The zero-order valence-corrected chi connectivity index (χ0v) is 15.2. The van der Waals surface area contributed by atoms with Crippen molar-refractivity contribution in [1.29, 1.82) is 0 Å². The minimum absolute atomic E-state index is 0.331. The molecule has 0 saturated heterocycles. The molecule has 0 aromatic heterocycles. The van der Waals surface area contributed by atoms with Crippen LogP contribution in [0.15, 0.2) is 48.5 Å². The molecule has 0 fully saturated rings. The minimum atomic E-state index is -0.749. The highest BCUT2D eigenvalue weighted by molar-refractivity contribution is 6.36. The number of nitrogens with one attached hydrogen (secondary N) is 3. The summed E-state index contributed by atoms with van der Waals surface area (Å²) in [5.41, 5.74) is 1.37. The summed E-state index contributed by atoms with van der Waals surface area (Å²) in [6.45, 7) is 2.27. The Balaban J connectivity index is 2.14. The Morgan fingerprint density at radius 3 is 2.44 bits per heavy atom. The lowest BCUT2D eigenvalue weighted by Gasteiger charge is -2.19. The van der Waals surface area contributed by atoms with E-state index in [2.05, 4.69) is 16.0 Å². The van der Waals surface area contributed by atoms with Crippen LogP contribution in [0.5, 0.6) is 0 Å². The summed E-state index contributed by atoms with van der Waals surface area (Å²) in [4.78, 5) is 24.5. The van der Waals surface area contributed by atoms with Crippen LogP contribution >= 0.6 is 23.2 Å². The molecule has 2 aromatic rings. The van der Waals surface area contributed by atoms with Gasteiger partial charge >= 0.3 is 6.03 Å². The first-order valence-corrected chi connectivity index (χ1v) is 8.59. The van der Waals surface area contributed by atoms with Gasteiger partial charge in [-0.05, 0) is 30.7 Å². The number of carbonyl (C=O) groups is 2. The van der Waals surface area contributed by atoms with E-state index in [1.165, 1.54) is 0 Å². The summed E-state index contributed by atoms with van der Waals surface area (Å²) in [5.74, 6) is -0.362. The van der Waals surface area contributed by atoms with Crippen LogP contribution in [0.25, 0.3) is 0 Å². The van der Waals surface area contributed by atoms with E-state index in [1.807, 2.05) is 30.3 Å². The molecule has 0 aliphatic heterocycles. The Morgan fingerprint density at radius 2 is 1.80 bits per heavy atom. The summed E-state index contributed by atoms with van der Waals surface area (Å²) in [5, 5.41) is 8.85. The van der Waals surface area contributed by atoms with Gasteiger partial charge in [-0.15, -0.1) is 0 Å². The van der Waals surface area contributed by atoms with Crippen LogP contribution in [0.1, 0.15) is 12.5 Å². The van der Waals surface area contributed by atoms with Crippen LogP contribution in [0, 0.1) is 0 Å². The zero-order valence-electron chi connectivity index (χ0n) is 13.7. The SMILES string of the molecule is CCNC(=O)NC(Cc1ccccc1)C(=O)Nc1ccc(Cl)cc1Cl. The Bertz CT molecular complexity index is 738. The van der Waals surface area contributed by atoms with Gasteiger partial charge < -0.3 is 16.0 Å². The third-order valence-electron chi connectivity index (χ3n) is 3.43. The number of benzene rings is 2. The predicted octanol–water partition coefficient (Wildman–Crippen LogP) is 3.86. The summed E-state index contributed by atoms with van der Waals surface area (Å²) >= 11 is 12.0. The van der Waals surface area contributed by atoms with Gasteiger partial charge in [-0.1, -0.05) is 53.5 Å². The highest BCUT2D eigenvalue weighted by Gasteiger charge is 2.22. The topological polar surface area (TPSA) is 70.2 Å². The Morgan fingerprint density at radius 1 is 1.08 bits per heavy atom. The van der Waals surface area contributed by atoms with E-state index in [0.29, 0.717) is 28.7 Å². The molecular weight excluding hydrogens is 361 g/mol. The molecule has 3 amide bonds. The van der Waals surface area contributed by atoms with Crippen molar-refractivity contribution < 1.29 is 9.59 Å². The first-order chi connectivity index (χ1) is 12.0. The predicted molar refractivity (Wildman–Crippen MR) is 101 cm³/mol. The van der Waals surface area contributed by atoms with Gasteiger partial charge in [0.15, 0.2) is 0 Å². The molecule has 3 N–H and O–H groups in total. The smallest absolute Gasteiger partial charge is 0.315 e. The number of anilines is 1. The van der Waals surface area contributed by atoms with Gasteiger partial charge in [0, 0.05) is 18.0 Å². The second-order valence-electron chi connectivity index (χ2n) is 5.36. The Hall–Kier alpha value is -2.24. The number of hydrogen-bond donors (Lipinski definition) is 3. The standard InChI is InChI=1S/C18H19Cl2N3O2/c1-2-21-18(25)23-16(10-12-6-4-3-5-7-12)17(24)22-15-9-8-13(19)11-14(15)20/h3-9,11,16H,2,10H2,1H3,(H,22,24)(H2,21,23,25). The third-order valence-corrected chi connectivity index (χ3v) is 3.98. The molecule has 0 heterocycles. The van der Waals surface area contributed by atoms with Crippen LogP contribution in [0.2, 0.25) is 10.0 Å². The van der Waals surface area contributed by atoms with E-state index in [-0.39, 0.29) is 5.91 Å². The third kappa shape index (κ3) is 5.96. The highest BCUT2D eigenvalue weighted by Crippen LogP contribution is 2.25. The molecule has 7 heteroatoms. The van der Waals surface area contributed by atoms with Crippen molar-refractivity contribution in [3.63, 3.8) is 0 Å². The van der Waals surface area contributed by atoms with Gasteiger partial charge in [-0.25, -0.2) is 4.79 Å². The van der Waals surface area contributed by atoms with E-state index in [9.17, 15) is 9.59 Å². The molecule has 132 valence electrons. The zero-order chi connectivity index (χ0) is 18.2. The van der Waals surface area contributed by atoms with Gasteiger partial charge in [-0.2, -0.15) is 0 Å². The highest BCUT2D eigenvalue weighted by atomic mass is 35.5. The summed E-state index contributed by atoms with van der Waals surface area (Å²) < 4.78 is 0. The fraction of sp³-hybridized carbons (Fsp3) is 0.222. The van der Waals surface area contributed by atoms with Crippen LogP contribution in [-0.4, -0.2) is 24.5 Å². The number of amides is 3.